The monoisotopic (exact) mass is 302 g/mol. The predicted molar refractivity (Wildman–Crippen MR) is 91.0 cm³/mol. The summed E-state index contributed by atoms with van der Waals surface area (Å²) in [5.74, 6) is 1.57. The van der Waals surface area contributed by atoms with E-state index in [1.54, 1.807) is 5.56 Å². The van der Waals surface area contributed by atoms with Gasteiger partial charge in [-0.05, 0) is 74.0 Å². The van der Waals surface area contributed by atoms with Crippen molar-refractivity contribution in [3.05, 3.63) is 34.9 Å². The number of carbonyl (C=O) groups is 1. The fourth-order valence-corrected chi connectivity index (χ4v) is 3.58. The average Bonchev–Trinajstić information content (AvgIpc) is 2.46. The van der Waals surface area contributed by atoms with E-state index in [4.69, 9.17) is 4.74 Å². The molecule has 22 heavy (non-hydrogen) atoms. The number of hydrogen-bond acceptors (Lipinski definition) is 2. The third-order valence-corrected chi connectivity index (χ3v) is 4.56. The third-order valence-electron chi connectivity index (χ3n) is 4.56. The topological polar surface area (TPSA) is 26.3 Å². The van der Waals surface area contributed by atoms with E-state index in [0.29, 0.717) is 13.0 Å². The van der Waals surface area contributed by atoms with Crippen LogP contribution in [0.3, 0.4) is 0 Å². The van der Waals surface area contributed by atoms with Gasteiger partial charge in [-0.15, -0.1) is 0 Å². The van der Waals surface area contributed by atoms with Crippen molar-refractivity contribution in [1.29, 1.82) is 0 Å². The highest BCUT2D eigenvalue weighted by Crippen LogP contribution is 2.30. The Balaban J connectivity index is 1.89. The summed E-state index contributed by atoms with van der Waals surface area (Å²) >= 11 is 0. The van der Waals surface area contributed by atoms with Crippen molar-refractivity contribution in [3.8, 4) is 0 Å². The minimum atomic E-state index is -0.0718. The lowest BCUT2D eigenvalue weighted by Crippen LogP contribution is -2.16. The first kappa shape index (κ1) is 17.1. The Hall–Kier alpha value is -1.31. The van der Waals surface area contributed by atoms with E-state index in [1.165, 1.54) is 36.8 Å². The Morgan fingerprint density at radius 3 is 2.86 bits per heavy atom. The molecule has 1 aromatic rings. The Morgan fingerprint density at radius 1 is 1.32 bits per heavy atom. The van der Waals surface area contributed by atoms with Gasteiger partial charge >= 0.3 is 5.97 Å². The number of fused-ring (bicyclic) bond motifs is 1. The highest BCUT2D eigenvalue weighted by atomic mass is 16.5. The third kappa shape index (κ3) is 5.15. The molecule has 0 N–H and O–H groups in total. The van der Waals surface area contributed by atoms with E-state index in [0.717, 1.165) is 24.7 Å². The summed E-state index contributed by atoms with van der Waals surface area (Å²) in [7, 11) is 0. The largest absolute Gasteiger partial charge is 0.466 e. The van der Waals surface area contributed by atoms with Crippen LogP contribution < -0.4 is 0 Å². The van der Waals surface area contributed by atoms with Gasteiger partial charge in [-0.3, -0.25) is 4.79 Å². The molecule has 2 rings (SSSR count). The van der Waals surface area contributed by atoms with E-state index in [9.17, 15) is 4.79 Å². The van der Waals surface area contributed by atoms with Crippen LogP contribution >= 0.6 is 0 Å². The number of ether oxygens (including phenoxy) is 1. The van der Waals surface area contributed by atoms with Gasteiger partial charge in [0.05, 0.1) is 6.61 Å². The first-order valence-corrected chi connectivity index (χ1v) is 8.84. The van der Waals surface area contributed by atoms with Gasteiger partial charge in [0.15, 0.2) is 0 Å². The van der Waals surface area contributed by atoms with Crippen LogP contribution in [0.2, 0.25) is 0 Å². The Morgan fingerprint density at radius 2 is 2.14 bits per heavy atom. The molecule has 0 saturated carbocycles. The summed E-state index contributed by atoms with van der Waals surface area (Å²) in [6.45, 7) is 6.98. The van der Waals surface area contributed by atoms with Crippen LogP contribution in [0, 0.1) is 11.8 Å². The highest BCUT2D eigenvalue weighted by molar-refractivity contribution is 5.69. The van der Waals surface area contributed by atoms with Gasteiger partial charge in [0, 0.05) is 6.42 Å². The van der Waals surface area contributed by atoms with Crippen LogP contribution in [-0.2, 0) is 28.8 Å². The van der Waals surface area contributed by atoms with Crippen molar-refractivity contribution < 1.29 is 9.53 Å². The summed E-state index contributed by atoms with van der Waals surface area (Å²) in [5.41, 5.74) is 4.45. The molecule has 1 aromatic carbocycles. The molecule has 0 aliphatic heterocycles. The molecule has 0 amide bonds. The van der Waals surface area contributed by atoms with Gasteiger partial charge in [0.1, 0.15) is 0 Å². The summed E-state index contributed by atoms with van der Waals surface area (Å²) in [6, 6.07) is 6.93. The molecular weight excluding hydrogens is 272 g/mol. The lowest BCUT2D eigenvalue weighted by molar-refractivity contribution is -0.143. The molecule has 122 valence electrons. The molecule has 0 spiro atoms. The average molecular weight is 302 g/mol. The number of hydrogen-bond donors (Lipinski definition) is 0. The summed E-state index contributed by atoms with van der Waals surface area (Å²) in [4.78, 5) is 11.4. The van der Waals surface area contributed by atoms with E-state index in [2.05, 4.69) is 32.0 Å². The minimum absolute atomic E-state index is 0.0718. The van der Waals surface area contributed by atoms with E-state index >= 15 is 0 Å². The maximum Gasteiger partial charge on any atom is 0.305 e. The molecule has 2 nitrogen and oxygen atoms in total. The lowest BCUT2D eigenvalue weighted by atomic mass is 9.79. The fraction of sp³-hybridized carbons (Fsp3) is 0.650. The molecule has 1 atom stereocenters. The second kappa shape index (κ2) is 8.36. The normalized spacial score (nSPS) is 17.4. The van der Waals surface area contributed by atoms with Gasteiger partial charge in [0.25, 0.3) is 0 Å². The number of esters is 1. The quantitative estimate of drug-likeness (QED) is 0.681. The predicted octanol–water partition coefficient (Wildman–Crippen LogP) is 4.72. The van der Waals surface area contributed by atoms with Crippen LogP contribution in [0.1, 0.15) is 63.1 Å². The Kier molecular flexibility index (Phi) is 6.48. The van der Waals surface area contributed by atoms with Crippen molar-refractivity contribution in [2.75, 3.05) is 6.61 Å². The van der Waals surface area contributed by atoms with Gasteiger partial charge in [-0.1, -0.05) is 32.0 Å². The first-order chi connectivity index (χ1) is 10.6. The molecule has 1 aliphatic carbocycles. The zero-order valence-corrected chi connectivity index (χ0v) is 14.4. The summed E-state index contributed by atoms with van der Waals surface area (Å²) in [5, 5.41) is 0. The molecule has 0 radical (unpaired) electrons. The van der Waals surface area contributed by atoms with Gasteiger partial charge in [-0.2, -0.15) is 0 Å². The summed E-state index contributed by atoms with van der Waals surface area (Å²) < 4.78 is 4.98. The van der Waals surface area contributed by atoms with Gasteiger partial charge < -0.3 is 4.74 Å². The lowest BCUT2D eigenvalue weighted by Gasteiger charge is -2.26. The van der Waals surface area contributed by atoms with Crippen molar-refractivity contribution in [2.24, 2.45) is 11.8 Å². The van der Waals surface area contributed by atoms with Crippen molar-refractivity contribution in [2.45, 2.75) is 65.7 Å². The van der Waals surface area contributed by atoms with E-state index < -0.39 is 0 Å². The number of aryl methyl sites for hydroxylation is 2. The summed E-state index contributed by atoms with van der Waals surface area (Å²) in [6.07, 6.45) is 7.53. The molecular formula is C20H30O2. The standard InChI is InChI=1S/C20H30O2/c1-4-22-20(21)7-5-6-16-8-10-18-11-9-17(12-15(2)3)14-19(18)13-16/h8,10,13,15,17H,4-7,9,11-12,14H2,1-3H3. The molecule has 0 aromatic heterocycles. The number of rotatable bonds is 7. The number of benzene rings is 1. The van der Waals surface area contributed by atoms with Crippen LogP contribution in [0.5, 0.6) is 0 Å². The van der Waals surface area contributed by atoms with Gasteiger partial charge in [-0.25, -0.2) is 0 Å². The molecule has 0 heterocycles. The molecule has 0 bridgehead atoms. The Bertz CT molecular complexity index is 490. The minimum Gasteiger partial charge on any atom is -0.466 e. The molecule has 1 unspecified atom stereocenters. The molecule has 0 fully saturated rings. The maximum atomic E-state index is 11.4. The Labute approximate surface area is 135 Å². The van der Waals surface area contributed by atoms with Crippen molar-refractivity contribution in [3.63, 3.8) is 0 Å². The fourth-order valence-electron chi connectivity index (χ4n) is 3.58. The zero-order valence-electron chi connectivity index (χ0n) is 14.4. The maximum absolute atomic E-state index is 11.4. The smallest absolute Gasteiger partial charge is 0.305 e. The second-order valence-corrected chi connectivity index (χ2v) is 7.00. The zero-order chi connectivity index (χ0) is 15.9. The first-order valence-electron chi connectivity index (χ1n) is 8.84. The van der Waals surface area contributed by atoms with E-state index in [-0.39, 0.29) is 5.97 Å². The molecule has 0 saturated heterocycles. The SMILES string of the molecule is CCOC(=O)CCCc1ccc2c(c1)CC(CC(C)C)CC2. The number of carbonyl (C=O) groups excluding carboxylic acids is 1. The van der Waals surface area contributed by atoms with Crippen LogP contribution in [0.4, 0.5) is 0 Å². The van der Waals surface area contributed by atoms with Crippen LogP contribution in [-0.4, -0.2) is 12.6 Å². The van der Waals surface area contributed by atoms with E-state index in [1.807, 2.05) is 6.92 Å². The van der Waals surface area contributed by atoms with Gasteiger partial charge in [0.2, 0.25) is 0 Å². The second-order valence-electron chi connectivity index (χ2n) is 7.00. The van der Waals surface area contributed by atoms with Crippen molar-refractivity contribution in [1.82, 2.24) is 0 Å². The van der Waals surface area contributed by atoms with Crippen molar-refractivity contribution >= 4 is 5.97 Å². The van der Waals surface area contributed by atoms with Crippen LogP contribution in [0.25, 0.3) is 0 Å². The van der Waals surface area contributed by atoms with Crippen LogP contribution in [0.15, 0.2) is 18.2 Å². The highest BCUT2D eigenvalue weighted by Gasteiger charge is 2.19. The molecule has 1 aliphatic rings. The molecule has 2 heteroatoms.